The molecular weight excluding hydrogens is 398 g/mol. The van der Waals surface area contributed by atoms with E-state index in [1.54, 1.807) is 24.3 Å². The van der Waals surface area contributed by atoms with Gasteiger partial charge in [0.15, 0.2) is 6.61 Å². The fourth-order valence-electron chi connectivity index (χ4n) is 3.00. The van der Waals surface area contributed by atoms with Gasteiger partial charge in [0.25, 0.3) is 5.91 Å². The molecule has 0 fully saturated rings. The van der Waals surface area contributed by atoms with E-state index in [2.05, 4.69) is 12.2 Å². The Balaban J connectivity index is 1.36. The van der Waals surface area contributed by atoms with Crippen molar-refractivity contribution in [3.63, 3.8) is 0 Å². The number of nitrogens with one attached hydrogen (secondary N) is 1. The van der Waals surface area contributed by atoms with Gasteiger partial charge in [0, 0.05) is 11.9 Å². The minimum Gasteiger partial charge on any atom is -0.482 e. The van der Waals surface area contributed by atoms with Gasteiger partial charge in [-0.3, -0.25) is 4.79 Å². The van der Waals surface area contributed by atoms with Crippen molar-refractivity contribution in [2.75, 3.05) is 19.8 Å². The highest BCUT2D eigenvalue weighted by atomic mass is 16.6. The van der Waals surface area contributed by atoms with E-state index in [4.69, 9.17) is 13.9 Å². The first kappa shape index (κ1) is 22.1. The van der Waals surface area contributed by atoms with Crippen molar-refractivity contribution >= 4 is 22.8 Å². The Morgan fingerprint density at radius 1 is 1.06 bits per heavy atom. The van der Waals surface area contributed by atoms with Crippen LogP contribution in [0.15, 0.2) is 63.8 Å². The van der Waals surface area contributed by atoms with Crippen LogP contribution in [0.2, 0.25) is 0 Å². The lowest BCUT2D eigenvalue weighted by atomic mass is 10.1. The number of hydrogen-bond acceptors (Lipinski definition) is 6. The number of hydrogen-bond donors (Lipinski definition) is 1. The van der Waals surface area contributed by atoms with Crippen molar-refractivity contribution in [2.45, 2.75) is 26.2 Å². The van der Waals surface area contributed by atoms with Crippen molar-refractivity contribution in [1.29, 1.82) is 0 Å². The first-order valence-corrected chi connectivity index (χ1v) is 10.3. The summed E-state index contributed by atoms with van der Waals surface area (Å²) in [5.74, 6) is -0.405. The number of amides is 1. The molecule has 7 nitrogen and oxygen atoms in total. The summed E-state index contributed by atoms with van der Waals surface area (Å²) in [6.07, 6.45) is 2.48. The second-order valence-electron chi connectivity index (χ2n) is 7.00. The zero-order valence-corrected chi connectivity index (χ0v) is 17.4. The number of para-hydroxylation sites is 1. The topological polar surface area (TPSA) is 94.8 Å². The first-order chi connectivity index (χ1) is 15.1. The Hall–Kier alpha value is -3.61. The maximum absolute atomic E-state index is 12.2. The molecule has 1 amide bonds. The summed E-state index contributed by atoms with van der Waals surface area (Å²) in [7, 11) is 0. The fraction of sp³-hybridized carbons (Fsp3) is 0.292. The molecule has 1 N–H and O–H groups in total. The van der Waals surface area contributed by atoms with Gasteiger partial charge in [0.2, 0.25) is 0 Å². The van der Waals surface area contributed by atoms with Crippen LogP contribution in [-0.4, -0.2) is 31.6 Å². The van der Waals surface area contributed by atoms with Gasteiger partial charge in [-0.1, -0.05) is 43.7 Å². The van der Waals surface area contributed by atoms with Gasteiger partial charge in [-0.05, 0) is 42.7 Å². The van der Waals surface area contributed by atoms with Gasteiger partial charge in [0.1, 0.15) is 16.9 Å². The zero-order valence-electron chi connectivity index (χ0n) is 17.4. The van der Waals surface area contributed by atoms with E-state index >= 15 is 0 Å². The second kappa shape index (κ2) is 11.0. The summed E-state index contributed by atoms with van der Waals surface area (Å²) in [5, 5.41) is 3.30. The molecule has 3 aromatic rings. The van der Waals surface area contributed by atoms with Crippen LogP contribution in [0.3, 0.4) is 0 Å². The minimum absolute atomic E-state index is 0.0611. The van der Waals surface area contributed by atoms with Gasteiger partial charge in [0.05, 0.1) is 6.61 Å². The molecule has 0 aliphatic heterocycles. The average molecular weight is 423 g/mol. The smallest absolute Gasteiger partial charge is 0.349 e. The number of carbonyl (C=O) groups is 2. The van der Waals surface area contributed by atoms with E-state index in [1.165, 1.54) is 11.6 Å². The Morgan fingerprint density at radius 3 is 2.61 bits per heavy atom. The molecule has 0 unspecified atom stereocenters. The normalized spacial score (nSPS) is 10.6. The second-order valence-corrected chi connectivity index (χ2v) is 7.00. The average Bonchev–Trinajstić information content (AvgIpc) is 2.78. The molecule has 0 saturated carbocycles. The predicted molar refractivity (Wildman–Crippen MR) is 116 cm³/mol. The Bertz CT molecular complexity index is 1090. The summed E-state index contributed by atoms with van der Waals surface area (Å²) in [6.45, 7) is 2.31. The van der Waals surface area contributed by atoms with E-state index in [9.17, 15) is 14.4 Å². The number of carbonyl (C=O) groups excluding carboxylic acids is 2. The summed E-state index contributed by atoms with van der Waals surface area (Å²) < 4.78 is 15.7. The van der Waals surface area contributed by atoms with E-state index < -0.39 is 17.5 Å². The highest BCUT2D eigenvalue weighted by molar-refractivity contribution is 5.96. The molecule has 0 spiro atoms. The Labute approximate surface area is 180 Å². The number of benzene rings is 2. The van der Waals surface area contributed by atoms with Gasteiger partial charge in [-0.25, -0.2) is 9.59 Å². The van der Waals surface area contributed by atoms with Gasteiger partial charge >= 0.3 is 11.6 Å². The fourth-order valence-corrected chi connectivity index (χ4v) is 3.00. The largest absolute Gasteiger partial charge is 0.482 e. The molecule has 1 aromatic heterocycles. The van der Waals surface area contributed by atoms with Gasteiger partial charge in [-0.2, -0.15) is 0 Å². The lowest BCUT2D eigenvalue weighted by Gasteiger charge is -2.08. The third-order valence-electron chi connectivity index (χ3n) is 4.57. The van der Waals surface area contributed by atoms with Crippen molar-refractivity contribution in [1.82, 2.24) is 5.32 Å². The third-order valence-corrected chi connectivity index (χ3v) is 4.57. The molecule has 0 atom stereocenters. The van der Waals surface area contributed by atoms with Crippen molar-refractivity contribution in [2.24, 2.45) is 0 Å². The van der Waals surface area contributed by atoms with E-state index in [1.807, 2.05) is 24.3 Å². The molecular formula is C24H25NO6. The molecule has 31 heavy (non-hydrogen) atoms. The number of fused-ring (bicyclic) bond motifs is 1. The highest BCUT2D eigenvalue weighted by Gasteiger charge is 2.13. The van der Waals surface area contributed by atoms with Crippen LogP contribution in [0.4, 0.5) is 0 Å². The molecule has 7 heteroatoms. The van der Waals surface area contributed by atoms with Crippen LogP contribution in [0.25, 0.3) is 11.0 Å². The molecule has 0 bridgehead atoms. The molecule has 0 radical (unpaired) electrons. The maximum atomic E-state index is 12.2. The van der Waals surface area contributed by atoms with Crippen LogP contribution in [0, 0.1) is 0 Å². The van der Waals surface area contributed by atoms with E-state index in [-0.39, 0.29) is 25.3 Å². The summed E-state index contributed by atoms with van der Waals surface area (Å²) in [4.78, 5) is 36.0. The zero-order chi connectivity index (χ0) is 22.1. The highest BCUT2D eigenvalue weighted by Crippen LogP contribution is 2.14. The van der Waals surface area contributed by atoms with E-state index in [0.29, 0.717) is 23.1 Å². The molecule has 2 aromatic carbocycles. The standard InChI is InChI=1S/C24H25NO6/c1-2-6-17-9-11-19(12-10-17)30-16-22(26)29-14-5-13-25-23(27)20-15-18-7-3-4-8-21(18)31-24(20)28/h3-4,7-12,15H,2,5-6,13-14,16H2,1H3,(H,25,27). The van der Waals surface area contributed by atoms with Crippen LogP contribution < -0.4 is 15.7 Å². The number of aryl methyl sites for hydroxylation is 1. The van der Waals surface area contributed by atoms with E-state index in [0.717, 1.165) is 12.8 Å². The monoisotopic (exact) mass is 423 g/mol. The number of esters is 1. The first-order valence-electron chi connectivity index (χ1n) is 10.3. The summed E-state index contributed by atoms with van der Waals surface area (Å²) in [5.41, 5.74) is 0.896. The summed E-state index contributed by atoms with van der Waals surface area (Å²) in [6, 6.07) is 16.1. The van der Waals surface area contributed by atoms with Crippen molar-refractivity contribution in [3.05, 3.63) is 76.1 Å². The quantitative estimate of drug-likeness (QED) is 0.305. The molecule has 0 aliphatic carbocycles. The molecule has 162 valence electrons. The lowest BCUT2D eigenvalue weighted by Crippen LogP contribution is -2.29. The number of ether oxygens (including phenoxy) is 2. The molecule has 1 heterocycles. The molecule has 0 saturated heterocycles. The third kappa shape index (κ3) is 6.44. The maximum Gasteiger partial charge on any atom is 0.349 e. The minimum atomic E-state index is -0.692. The van der Waals surface area contributed by atoms with Crippen LogP contribution >= 0.6 is 0 Å². The van der Waals surface area contributed by atoms with Gasteiger partial charge in [-0.15, -0.1) is 0 Å². The van der Waals surface area contributed by atoms with Crippen molar-refractivity contribution in [3.8, 4) is 5.75 Å². The molecule has 3 rings (SSSR count). The van der Waals surface area contributed by atoms with Crippen LogP contribution in [-0.2, 0) is 16.0 Å². The SMILES string of the molecule is CCCc1ccc(OCC(=O)OCCCNC(=O)c2cc3ccccc3oc2=O)cc1. The predicted octanol–water partition coefficient (Wildman–Crippen LogP) is 3.49. The van der Waals surface area contributed by atoms with Crippen LogP contribution in [0.1, 0.15) is 35.7 Å². The van der Waals surface area contributed by atoms with Crippen molar-refractivity contribution < 1.29 is 23.5 Å². The Morgan fingerprint density at radius 2 is 1.84 bits per heavy atom. The van der Waals surface area contributed by atoms with Gasteiger partial charge < -0.3 is 19.2 Å². The lowest BCUT2D eigenvalue weighted by molar-refractivity contribution is -0.146. The molecule has 0 aliphatic rings. The Kier molecular flexibility index (Phi) is 7.81. The number of rotatable bonds is 10. The summed E-state index contributed by atoms with van der Waals surface area (Å²) >= 11 is 0. The van der Waals surface area contributed by atoms with Crippen LogP contribution in [0.5, 0.6) is 5.75 Å².